The van der Waals surface area contributed by atoms with Crippen LogP contribution in [0.4, 0.5) is 0 Å². The molecular weight excluding hydrogens is 236 g/mol. The van der Waals surface area contributed by atoms with E-state index in [1.54, 1.807) is 6.07 Å². The number of amides is 1. The Morgan fingerprint density at radius 2 is 1.83 bits per heavy atom. The molecule has 2 N–H and O–H groups in total. The van der Waals surface area contributed by atoms with Gasteiger partial charge in [0.2, 0.25) is 0 Å². The van der Waals surface area contributed by atoms with Crippen molar-refractivity contribution in [3.05, 3.63) is 53.4 Å². The predicted molar refractivity (Wildman–Crippen MR) is 61.1 cm³/mol. The van der Waals surface area contributed by atoms with E-state index >= 15 is 0 Å². The van der Waals surface area contributed by atoms with E-state index in [-0.39, 0.29) is 18.0 Å². The van der Waals surface area contributed by atoms with Gasteiger partial charge in [0.1, 0.15) is 12.0 Å². The van der Waals surface area contributed by atoms with Crippen molar-refractivity contribution >= 4 is 11.9 Å². The third-order valence-electron chi connectivity index (χ3n) is 2.32. The molecule has 0 fully saturated rings. The summed E-state index contributed by atoms with van der Waals surface area (Å²) in [5.41, 5.74) is 1.15. The number of rotatable bonds is 4. The van der Waals surface area contributed by atoms with Crippen LogP contribution in [0.2, 0.25) is 0 Å². The van der Waals surface area contributed by atoms with Gasteiger partial charge in [-0.3, -0.25) is 4.79 Å². The summed E-state index contributed by atoms with van der Waals surface area (Å²) in [6.07, 6.45) is 1.42. The summed E-state index contributed by atoms with van der Waals surface area (Å²) in [5, 5.41) is 15.0. The molecule has 1 aromatic heterocycles. The lowest BCUT2D eigenvalue weighted by Crippen LogP contribution is -2.22. The fourth-order valence-corrected chi connectivity index (χ4v) is 1.37. The molecule has 0 radical (unpaired) electrons. The topological polar surface area (TPSA) is 92.4 Å². The molecule has 0 saturated carbocycles. The van der Waals surface area contributed by atoms with Crippen LogP contribution >= 0.6 is 0 Å². The molecule has 0 atom stereocenters. The first-order valence-electron chi connectivity index (χ1n) is 5.17. The molecular formula is C12H10N2O4. The van der Waals surface area contributed by atoms with Crippen LogP contribution in [0.5, 0.6) is 0 Å². The molecule has 0 saturated heterocycles. The smallest absolute Gasteiger partial charge is 0.335 e. The van der Waals surface area contributed by atoms with E-state index in [4.69, 9.17) is 5.11 Å². The number of nitrogens with one attached hydrogen (secondary N) is 1. The summed E-state index contributed by atoms with van der Waals surface area (Å²) in [6, 6.07) is 7.33. The highest BCUT2D eigenvalue weighted by molar-refractivity contribution is 5.95. The highest BCUT2D eigenvalue weighted by Gasteiger charge is 2.08. The fourth-order valence-electron chi connectivity index (χ4n) is 1.37. The largest absolute Gasteiger partial charge is 0.478 e. The number of nitrogens with zero attached hydrogens (tertiary/aromatic N) is 1. The maximum atomic E-state index is 11.7. The van der Waals surface area contributed by atoms with Crippen molar-refractivity contribution in [2.75, 3.05) is 0 Å². The molecule has 6 nitrogen and oxygen atoms in total. The van der Waals surface area contributed by atoms with Crippen molar-refractivity contribution in [2.24, 2.45) is 0 Å². The predicted octanol–water partition coefficient (Wildman–Crippen LogP) is 1.30. The molecule has 0 bridgehead atoms. The average Bonchev–Trinajstić information content (AvgIpc) is 2.89. The van der Waals surface area contributed by atoms with Crippen LogP contribution in [0.25, 0.3) is 0 Å². The normalized spacial score (nSPS) is 10.0. The Morgan fingerprint density at radius 1 is 1.17 bits per heavy atom. The van der Waals surface area contributed by atoms with Crippen molar-refractivity contribution in [3.63, 3.8) is 0 Å². The number of aromatic carboxylic acids is 1. The summed E-state index contributed by atoms with van der Waals surface area (Å²) < 4.78 is 4.63. The van der Waals surface area contributed by atoms with Gasteiger partial charge in [-0.15, -0.1) is 0 Å². The van der Waals surface area contributed by atoms with Crippen LogP contribution in [0.3, 0.4) is 0 Å². The summed E-state index contributed by atoms with van der Waals surface area (Å²) >= 11 is 0. The quantitative estimate of drug-likeness (QED) is 0.848. The zero-order chi connectivity index (χ0) is 13.0. The number of benzene rings is 1. The molecule has 6 heteroatoms. The van der Waals surface area contributed by atoms with Gasteiger partial charge in [0.15, 0.2) is 0 Å². The molecule has 2 rings (SSSR count). The van der Waals surface area contributed by atoms with Gasteiger partial charge in [-0.05, 0) is 24.3 Å². The Morgan fingerprint density at radius 3 is 2.39 bits per heavy atom. The maximum Gasteiger partial charge on any atom is 0.335 e. The summed E-state index contributed by atoms with van der Waals surface area (Å²) in [5.74, 6) is -1.32. The maximum absolute atomic E-state index is 11.7. The summed E-state index contributed by atoms with van der Waals surface area (Å²) in [6.45, 7) is 0.260. The SMILES string of the molecule is O=C(O)c1ccc(C(=O)NCc2ccon2)cc1. The van der Waals surface area contributed by atoms with Gasteiger partial charge in [0.05, 0.1) is 12.1 Å². The second kappa shape index (κ2) is 5.13. The van der Waals surface area contributed by atoms with Gasteiger partial charge in [-0.2, -0.15) is 0 Å². The zero-order valence-electron chi connectivity index (χ0n) is 9.29. The Balaban J connectivity index is 1.98. The first kappa shape index (κ1) is 11.8. The minimum atomic E-state index is -1.02. The van der Waals surface area contributed by atoms with Crippen LogP contribution in [0, 0.1) is 0 Å². The van der Waals surface area contributed by atoms with E-state index in [0.717, 1.165) is 0 Å². The highest BCUT2D eigenvalue weighted by atomic mass is 16.5. The molecule has 0 aliphatic carbocycles. The van der Waals surface area contributed by atoms with Crippen LogP contribution in [-0.2, 0) is 6.54 Å². The van der Waals surface area contributed by atoms with Crippen LogP contribution in [0.1, 0.15) is 26.4 Å². The highest BCUT2D eigenvalue weighted by Crippen LogP contribution is 2.05. The number of aromatic nitrogens is 1. The van der Waals surface area contributed by atoms with E-state index in [2.05, 4.69) is 15.0 Å². The van der Waals surface area contributed by atoms with Crippen LogP contribution < -0.4 is 5.32 Å². The first-order chi connectivity index (χ1) is 8.66. The van der Waals surface area contributed by atoms with Crippen molar-refractivity contribution in [3.8, 4) is 0 Å². The molecule has 0 aliphatic heterocycles. The number of carbonyl (C=O) groups excluding carboxylic acids is 1. The van der Waals surface area contributed by atoms with Gasteiger partial charge in [0, 0.05) is 11.6 Å². The monoisotopic (exact) mass is 246 g/mol. The van der Waals surface area contributed by atoms with Gasteiger partial charge in [0.25, 0.3) is 5.91 Å². The molecule has 0 unspecified atom stereocenters. The standard InChI is InChI=1S/C12H10N2O4/c15-11(13-7-10-5-6-18-14-10)8-1-3-9(4-2-8)12(16)17/h1-6H,7H2,(H,13,15)(H,16,17). The average molecular weight is 246 g/mol. The Kier molecular flexibility index (Phi) is 3.38. The van der Waals surface area contributed by atoms with E-state index in [1.807, 2.05) is 0 Å². The van der Waals surface area contributed by atoms with Gasteiger partial charge in [-0.1, -0.05) is 5.16 Å². The third kappa shape index (κ3) is 2.73. The number of hydrogen-bond acceptors (Lipinski definition) is 4. The number of hydrogen-bond donors (Lipinski definition) is 2. The molecule has 92 valence electrons. The molecule has 18 heavy (non-hydrogen) atoms. The van der Waals surface area contributed by atoms with E-state index in [9.17, 15) is 9.59 Å². The Labute approximate surface area is 102 Å². The van der Waals surface area contributed by atoms with Gasteiger partial charge >= 0.3 is 5.97 Å². The summed E-state index contributed by atoms with van der Waals surface area (Å²) in [4.78, 5) is 22.3. The van der Waals surface area contributed by atoms with Gasteiger partial charge < -0.3 is 14.9 Å². The van der Waals surface area contributed by atoms with Gasteiger partial charge in [-0.25, -0.2) is 4.79 Å². The van der Waals surface area contributed by atoms with Crippen molar-refractivity contribution in [1.82, 2.24) is 10.5 Å². The van der Waals surface area contributed by atoms with E-state index in [1.165, 1.54) is 30.5 Å². The number of carboxylic acid groups (broad SMARTS) is 1. The van der Waals surface area contributed by atoms with Crippen molar-refractivity contribution in [1.29, 1.82) is 0 Å². The van der Waals surface area contributed by atoms with Crippen LogP contribution in [-0.4, -0.2) is 22.1 Å². The van der Waals surface area contributed by atoms with Crippen LogP contribution in [0.15, 0.2) is 41.1 Å². The number of carbonyl (C=O) groups is 2. The molecule has 1 heterocycles. The number of carboxylic acids is 1. The van der Waals surface area contributed by atoms with Crippen molar-refractivity contribution < 1.29 is 19.2 Å². The minimum absolute atomic E-state index is 0.142. The minimum Gasteiger partial charge on any atom is -0.478 e. The molecule has 2 aromatic rings. The molecule has 1 aromatic carbocycles. The van der Waals surface area contributed by atoms with E-state index < -0.39 is 5.97 Å². The second-order valence-corrected chi connectivity index (χ2v) is 3.56. The fraction of sp³-hybridized carbons (Fsp3) is 0.0833. The Bertz CT molecular complexity index is 546. The molecule has 0 aliphatic rings. The summed E-state index contributed by atoms with van der Waals surface area (Å²) in [7, 11) is 0. The molecule has 0 spiro atoms. The van der Waals surface area contributed by atoms with Crippen molar-refractivity contribution in [2.45, 2.75) is 6.54 Å². The lowest BCUT2D eigenvalue weighted by atomic mass is 10.1. The first-order valence-corrected chi connectivity index (χ1v) is 5.17. The third-order valence-corrected chi connectivity index (χ3v) is 2.32. The molecule has 1 amide bonds. The Hall–Kier alpha value is -2.63. The zero-order valence-corrected chi connectivity index (χ0v) is 9.29. The lowest BCUT2D eigenvalue weighted by Gasteiger charge is -2.03. The van der Waals surface area contributed by atoms with E-state index in [0.29, 0.717) is 11.3 Å². The second-order valence-electron chi connectivity index (χ2n) is 3.56. The lowest BCUT2D eigenvalue weighted by molar-refractivity contribution is 0.0696.